The van der Waals surface area contributed by atoms with Crippen molar-refractivity contribution in [1.82, 2.24) is 4.98 Å². The molecule has 19 heavy (non-hydrogen) atoms. The number of benzene rings is 1. The van der Waals surface area contributed by atoms with Gasteiger partial charge in [-0.3, -0.25) is 0 Å². The second-order valence-corrected chi connectivity index (χ2v) is 4.54. The Bertz CT molecular complexity index is 508. The highest BCUT2D eigenvalue weighted by atomic mass is 16.5. The van der Waals surface area contributed by atoms with E-state index in [2.05, 4.69) is 24.1 Å². The molecule has 0 amide bonds. The van der Waals surface area contributed by atoms with Crippen LogP contribution in [0.4, 0.5) is 5.82 Å². The first-order chi connectivity index (χ1) is 9.28. The van der Waals surface area contributed by atoms with Gasteiger partial charge in [-0.2, -0.15) is 0 Å². The fourth-order valence-corrected chi connectivity index (χ4v) is 1.70. The van der Waals surface area contributed by atoms with Crippen LogP contribution in [0.5, 0.6) is 5.75 Å². The van der Waals surface area contributed by atoms with E-state index in [-0.39, 0.29) is 0 Å². The van der Waals surface area contributed by atoms with Crippen LogP contribution < -0.4 is 10.1 Å². The van der Waals surface area contributed by atoms with Gasteiger partial charge in [-0.25, -0.2) is 4.98 Å². The van der Waals surface area contributed by atoms with Gasteiger partial charge in [-0.1, -0.05) is 30.7 Å². The Labute approximate surface area is 114 Å². The van der Waals surface area contributed by atoms with Gasteiger partial charge in [0.15, 0.2) is 0 Å². The highest BCUT2D eigenvalue weighted by molar-refractivity contribution is 5.35. The Morgan fingerprint density at radius 2 is 1.89 bits per heavy atom. The third-order valence-electron chi connectivity index (χ3n) is 2.77. The molecular weight excluding hydrogens is 236 g/mol. The van der Waals surface area contributed by atoms with Crippen molar-refractivity contribution in [2.75, 3.05) is 11.9 Å². The maximum atomic E-state index is 5.72. The van der Waals surface area contributed by atoms with E-state index in [0.717, 1.165) is 30.2 Å². The van der Waals surface area contributed by atoms with Crippen LogP contribution in [0.15, 0.2) is 42.5 Å². The van der Waals surface area contributed by atoms with Crippen LogP contribution in [0.25, 0.3) is 0 Å². The second kappa shape index (κ2) is 6.78. The molecule has 1 aromatic carbocycles. The normalized spacial score (nSPS) is 10.2. The smallest absolute Gasteiger partial charge is 0.130 e. The van der Waals surface area contributed by atoms with E-state index in [9.17, 15) is 0 Å². The molecule has 0 unspecified atom stereocenters. The van der Waals surface area contributed by atoms with Gasteiger partial charge in [0.05, 0.1) is 5.69 Å². The summed E-state index contributed by atoms with van der Waals surface area (Å²) >= 11 is 0. The summed E-state index contributed by atoms with van der Waals surface area (Å²) in [5, 5.41) is 3.27. The molecular formula is C16H20N2O. The van der Waals surface area contributed by atoms with Gasteiger partial charge < -0.3 is 10.1 Å². The first-order valence-electron chi connectivity index (χ1n) is 6.67. The third-order valence-corrected chi connectivity index (χ3v) is 2.77. The maximum absolute atomic E-state index is 5.72. The van der Waals surface area contributed by atoms with Crippen molar-refractivity contribution in [2.45, 2.75) is 26.9 Å². The molecule has 100 valence electrons. The Kier molecular flexibility index (Phi) is 4.78. The molecule has 2 rings (SSSR count). The molecule has 0 saturated heterocycles. The molecule has 0 atom stereocenters. The Morgan fingerprint density at radius 3 is 2.63 bits per heavy atom. The van der Waals surface area contributed by atoms with Crippen LogP contribution in [-0.2, 0) is 6.61 Å². The third kappa shape index (κ3) is 4.28. The Morgan fingerprint density at radius 1 is 1.11 bits per heavy atom. The van der Waals surface area contributed by atoms with Crippen LogP contribution >= 0.6 is 0 Å². The fourth-order valence-electron chi connectivity index (χ4n) is 1.70. The molecule has 0 aliphatic heterocycles. The number of anilines is 1. The average Bonchev–Trinajstić information content (AvgIpc) is 2.45. The Balaban J connectivity index is 1.93. The van der Waals surface area contributed by atoms with Crippen molar-refractivity contribution in [2.24, 2.45) is 0 Å². The second-order valence-electron chi connectivity index (χ2n) is 4.54. The number of ether oxygens (including phenoxy) is 1. The SMILES string of the molecule is CCCNc1cccc(COc2ccc(C)cc2)n1. The summed E-state index contributed by atoms with van der Waals surface area (Å²) in [5.74, 6) is 1.78. The first kappa shape index (κ1) is 13.4. The largest absolute Gasteiger partial charge is 0.487 e. The standard InChI is InChI=1S/C16H20N2O/c1-3-11-17-16-6-4-5-14(18-16)12-19-15-9-7-13(2)8-10-15/h4-10H,3,11-12H2,1-2H3,(H,17,18). The van der Waals surface area contributed by atoms with E-state index in [1.807, 2.05) is 42.5 Å². The van der Waals surface area contributed by atoms with E-state index in [4.69, 9.17) is 4.74 Å². The zero-order valence-electron chi connectivity index (χ0n) is 11.5. The molecule has 0 spiro atoms. The monoisotopic (exact) mass is 256 g/mol. The summed E-state index contributed by atoms with van der Waals surface area (Å²) in [5.41, 5.74) is 2.16. The minimum absolute atomic E-state index is 0.491. The molecule has 0 bridgehead atoms. The van der Waals surface area contributed by atoms with E-state index in [1.165, 1.54) is 5.56 Å². The van der Waals surface area contributed by atoms with Crippen molar-refractivity contribution in [3.8, 4) is 5.75 Å². The zero-order chi connectivity index (χ0) is 13.5. The molecule has 1 N–H and O–H groups in total. The lowest BCUT2D eigenvalue weighted by Gasteiger charge is -2.08. The van der Waals surface area contributed by atoms with Crippen LogP contribution in [0.3, 0.4) is 0 Å². The lowest BCUT2D eigenvalue weighted by Crippen LogP contribution is -2.04. The van der Waals surface area contributed by atoms with E-state index in [1.54, 1.807) is 0 Å². The number of hydrogen-bond donors (Lipinski definition) is 1. The quantitative estimate of drug-likeness (QED) is 0.853. The minimum Gasteiger partial charge on any atom is -0.487 e. The molecule has 3 heteroatoms. The first-order valence-corrected chi connectivity index (χ1v) is 6.67. The summed E-state index contributed by atoms with van der Waals surface area (Å²) in [6.45, 7) is 5.63. The molecule has 1 aromatic heterocycles. The summed E-state index contributed by atoms with van der Waals surface area (Å²) in [6, 6.07) is 14.0. The van der Waals surface area contributed by atoms with Gasteiger partial charge in [0.25, 0.3) is 0 Å². The highest BCUT2D eigenvalue weighted by Gasteiger charge is 1.99. The van der Waals surface area contributed by atoms with Crippen LogP contribution in [0.2, 0.25) is 0 Å². The number of aryl methyl sites for hydroxylation is 1. The molecule has 0 aliphatic carbocycles. The summed E-state index contributed by atoms with van der Waals surface area (Å²) in [7, 11) is 0. The van der Waals surface area contributed by atoms with E-state index < -0.39 is 0 Å². The topological polar surface area (TPSA) is 34.1 Å². The number of aromatic nitrogens is 1. The molecule has 0 fully saturated rings. The number of nitrogens with one attached hydrogen (secondary N) is 1. The Hall–Kier alpha value is -2.03. The van der Waals surface area contributed by atoms with E-state index in [0.29, 0.717) is 6.61 Å². The fraction of sp³-hybridized carbons (Fsp3) is 0.312. The van der Waals surface area contributed by atoms with Gasteiger partial charge in [0, 0.05) is 6.54 Å². The highest BCUT2D eigenvalue weighted by Crippen LogP contribution is 2.13. The molecule has 0 aliphatic rings. The van der Waals surface area contributed by atoms with Gasteiger partial charge in [-0.15, -0.1) is 0 Å². The zero-order valence-corrected chi connectivity index (χ0v) is 11.5. The lowest BCUT2D eigenvalue weighted by molar-refractivity contribution is 0.301. The van der Waals surface area contributed by atoms with Crippen molar-refractivity contribution in [3.63, 3.8) is 0 Å². The van der Waals surface area contributed by atoms with Crippen molar-refractivity contribution >= 4 is 5.82 Å². The molecule has 1 heterocycles. The summed E-state index contributed by atoms with van der Waals surface area (Å²) in [4.78, 5) is 4.51. The van der Waals surface area contributed by atoms with Crippen molar-refractivity contribution in [1.29, 1.82) is 0 Å². The number of hydrogen-bond acceptors (Lipinski definition) is 3. The van der Waals surface area contributed by atoms with Crippen LogP contribution in [-0.4, -0.2) is 11.5 Å². The lowest BCUT2D eigenvalue weighted by atomic mass is 10.2. The number of nitrogens with zero attached hydrogens (tertiary/aromatic N) is 1. The van der Waals surface area contributed by atoms with Gasteiger partial charge in [0.1, 0.15) is 18.2 Å². The predicted octanol–water partition coefficient (Wildman–Crippen LogP) is 3.79. The molecule has 2 aromatic rings. The van der Waals surface area contributed by atoms with Crippen LogP contribution in [0, 0.1) is 6.92 Å². The molecule has 0 saturated carbocycles. The summed E-state index contributed by atoms with van der Waals surface area (Å²) in [6.07, 6.45) is 1.09. The molecule has 0 radical (unpaired) electrons. The van der Waals surface area contributed by atoms with Gasteiger partial charge in [0.2, 0.25) is 0 Å². The average molecular weight is 256 g/mol. The van der Waals surface area contributed by atoms with Crippen molar-refractivity contribution in [3.05, 3.63) is 53.7 Å². The maximum Gasteiger partial charge on any atom is 0.130 e. The van der Waals surface area contributed by atoms with Gasteiger partial charge >= 0.3 is 0 Å². The van der Waals surface area contributed by atoms with Gasteiger partial charge in [-0.05, 0) is 37.6 Å². The predicted molar refractivity (Wildman–Crippen MR) is 78.5 cm³/mol. The summed E-state index contributed by atoms with van der Waals surface area (Å²) < 4.78 is 5.72. The molecule has 3 nitrogen and oxygen atoms in total. The number of rotatable bonds is 6. The minimum atomic E-state index is 0.491. The van der Waals surface area contributed by atoms with Crippen LogP contribution in [0.1, 0.15) is 24.6 Å². The van der Waals surface area contributed by atoms with E-state index >= 15 is 0 Å². The number of pyridine rings is 1. The van der Waals surface area contributed by atoms with Crippen molar-refractivity contribution < 1.29 is 4.74 Å².